The summed E-state index contributed by atoms with van der Waals surface area (Å²) in [6, 6.07) is 0. The number of nitrogen functional groups attached to an aromatic ring is 1. The number of rotatable bonds is 1. The minimum Gasteiger partial charge on any atom is -0.390 e. The van der Waals surface area contributed by atoms with Crippen LogP contribution in [0, 0.1) is 0 Å². The summed E-state index contributed by atoms with van der Waals surface area (Å²) < 4.78 is 17.2. The predicted molar refractivity (Wildman–Crippen MR) is 73.0 cm³/mol. The molecule has 1 spiro atoms. The lowest BCUT2D eigenvalue weighted by Crippen LogP contribution is -2.36. The van der Waals surface area contributed by atoms with E-state index in [-0.39, 0.29) is 18.2 Å². The highest BCUT2D eigenvalue weighted by Crippen LogP contribution is 2.48. The van der Waals surface area contributed by atoms with Crippen molar-refractivity contribution in [2.45, 2.75) is 57.2 Å². The summed E-state index contributed by atoms with van der Waals surface area (Å²) in [5.41, 5.74) is 8.73. The van der Waals surface area contributed by atoms with Crippen LogP contribution in [0.25, 0.3) is 0 Å². The van der Waals surface area contributed by atoms with Crippen LogP contribution in [-0.4, -0.2) is 18.5 Å². The third-order valence-electron chi connectivity index (χ3n) is 4.52. The quantitative estimate of drug-likeness (QED) is 0.860. The molecule has 1 unspecified atom stereocenters. The molecule has 2 fully saturated rings. The number of thiophene rings is 1. The van der Waals surface area contributed by atoms with E-state index >= 15 is 0 Å². The number of hydrogen-bond donors (Lipinski definition) is 1. The van der Waals surface area contributed by atoms with Crippen molar-refractivity contribution in [3.05, 3.63) is 16.0 Å². The highest BCUT2D eigenvalue weighted by Gasteiger charge is 2.42. The fourth-order valence-corrected chi connectivity index (χ4v) is 4.81. The molecule has 1 atom stereocenters. The van der Waals surface area contributed by atoms with E-state index in [1.807, 2.05) is 6.92 Å². The molecule has 0 saturated carbocycles. The smallest absolute Gasteiger partial charge is 0.192 e. The van der Waals surface area contributed by atoms with Gasteiger partial charge in [-0.1, -0.05) is 0 Å². The molecule has 4 rings (SSSR count). The van der Waals surface area contributed by atoms with Gasteiger partial charge in [-0.2, -0.15) is 0 Å². The third-order valence-corrected chi connectivity index (χ3v) is 5.60. The molecular formula is C14H19NO3S. The minimum absolute atomic E-state index is 0.0934. The van der Waals surface area contributed by atoms with Gasteiger partial charge in [0.05, 0.1) is 10.6 Å². The van der Waals surface area contributed by atoms with Gasteiger partial charge in [-0.15, -0.1) is 11.3 Å². The van der Waals surface area contributed by atoms with E-state index in [4.69, 9.17) is 19.9 Å². The van der Waals surface area contributed by atoms with Gasteiger partial charge in [0, 0.05) is 23.5 Å². The lowest BCUT2D eigenvalue weighted by molar-refractivity contribution is -0.382. The second kappa shape index (κ2) is 4.19. The minimum atomic E-state index is -0.242. The molecule has 2 saturated heterocycles. The first-order chi connectivity index (χ1) is 9.17. The van der Waals surface area contributed by atoms with Crippen LogP contribution in [0.5, 0.6) is 0 Å². The van der Waals surface area contributed by atoms with Crippen molar-refractivity contribution in [1.29, 1.82) is 0 Å². The van der Waals surface area contributed by atoms with Gasteiger partial charge in [-0.3, -0.25) is 0 Å². The first-order valence-electron chi connectivity index (χ1n) is 7.02. The van der Waals surface area contributed by atoms with Crippen molar-refractivity contribution in [3.63, 3.8) is 0 Å². The zero-order valence-electron chi connectivity index (χ0n) is 11.1. The van der Waals surface area contributed by atoms with Crippen LogP contribution in [-0.2, 0) is 27.1 Å². The molecule has 0 bridgehead atoms. The molecule has 2 N–H and O–H groups in total. The predicted octanol–water partition coefficient (Wildman–Crippen LogP) is 2.76. The lowest BCUT2D eigenvalue weighted by Gasteiger charge is -2.36. The van der Waals surface area contributed by atoms with Crippen LogP contribution in [0.1, 0.15) is 48.5 Å². The van der Waals surface area contributed by atoms with E-state index in [2.05, 4.69) is 0 Å². The Kier molecular flexibility index (Phi) is 2.68. The summed E-state index contributed by atoms with van der Waals surface area (Å²) >= 11 is 1.69. The maximum absolute atomic E-state index is 6.18. The molecule has 0 aromatic carbocycles. The van der Waals surface area contributed by atoms with Crippen LogP contribution in [0.2, 0.25) is 0 Å². The Morgan fingerprint density at radius 1 is 1.32 bits per heavy atom. The largest absolute Gasteiger partial charge is 0.390 e. The Bertz CT molecular complexity index is 501. The molecular weight excluding hydrogens is 262 g/mol. The maximum atomic E-state index is 6.18. The number of nitrogens with two attached hydrogens (primary N) is 1. The third kappa shape index (κ3) is 1.83. The van der Waals surface area contributed by atoms with E-state index in [9.17, 15) is 0 Å². The Balaban J connectivity index is 1.65. The van der Waals surface area contributed by atoms with Crippen molar-refractivity contribution < 1.29 is 14.2 Å². The molecule has 0 amide bonds. The number of fused-ring (bicyclic) bond motifs is 1. The normalized spacial score (nSPS) is 37.3. The van der Waals surface area contributed by atoms with Gasteiger partial charge in [0.15, 0.2) is 12.6 Å². The van der Waals surface area contributed by atoms with E-state index < -0.39 is 0 Å². The van der Waals surface area contributed by atoms with Gasteiger partial charge in [-0.25, -0.2) is 0 Å². The SMILES string of the molecule is CC1OC(c2c(N)sc3c2CCC2(CCCO2)C3)O1. The molecule has 2 aliphatic heterocycles. The summed E-state index contributed by atoms with van der Waals surface area (Å²) in [7, 11) is 0. The molecule has 5 heteroatoms. The molecule has 1 aromatic rings. The summed E-state index contributed by atoms with van der Waals surface area (Å²) in [6.45, 7) is 2.82. The highest BCUT2D eigenvalue weighted by molar-refractivity contribution is 7.16. The monoisotopic (exact) mass is 281 g/mol. The maximum Gasteiger partial charge on any atom is 0.192 e. The van der Waals surface area contributed by atoms with Crippen LogP contribution in [0.3, 0.4) is 0 Å². The standard InChI is InChI=1S/C14H19NO3S/c1-8-17-13(18-8)11-9-3-5-14(4-2-6-16-14)7-10(9)19-12(11)15/h8,13H,2-7,15H2,1H3. The van der Waals surface area contributed by atoms with Gasteiger partial charge < -0.3 is 19.9 Å². The van der Waals surface area contributed by atoms with Gasteiger partial charge >= 0.3 is 0 Å². The number of hydrogen-bond acceptors (Lipinski definition) is 5. The first kappa shape index (κ1) is 12.1. The van der Waals surface area contributed by atoms with Crippen molar-refractivity contribution >= 4 is 16.3 Å². The molecule has 1 aromatic heterocycles. The molecule has 104 valence electrons. The number of ether oxygens (including phenoxy) is 3. The van der Waals surface area contributed by atoms with E-state index in [0.29, 0.717) is 0 Å². The second-order valence-electron chi connectivity index (χ2n) is 5.77. The topological polar surface area (TPSA) is 53.7 Å². The Hall–Kier alpha value is -0.620. The molecule has 0 radical (unpaired) electrons. The van der Waals surface area contributed by atoms with Gasteiger partial charge in [0.25, 0.3) is 0 Å². The highest BCUT2D eigenvalue weighted by atomic mass is 32.1. The van der Waals surface area contributed by atoms with Crippen LogP contribution in [0.15, 0.2) is 0 Å². The first-order valence-corrected chi connectivity index (χ1v) is 7.83. The average Bonchev–Trinajstić information content (AvgIpc) is 2.90. The van der Waals surface area contributed by atoms with Crippen molar-refractivity contribution in [1.82, 2.24) is 0 Å². The van der Waals surface area contributed by atoms with E-state index in [0.717, 1.165) is 36.4 Å². The zero-order valence-corrected chi connectivity index (χ0v) is 11.9. The van der Waals surface area contributed by atoms with Crippen molar-refractivity contribution in [2.24, 2.45) is 0 Å². The number of anilines is 1. The molecule has 19 heavy (non-hydrogen) atoms. The van der Waals surface area contributed by atoms with E-state index in [1.54, 1.807) is 11.3 Å². The van der Waals surface area contributed by atoms with Crippen molar-refractivity contribution in [2.75, 3.05) is 12.3 Å². The Labute approximate surface area is 116 Å². The summed E-state index contributed by atoms with van der Waals surface area (Å²) in [5, 5.41) is 0.858. The van der Waals surface area contributed by atoms with Crippen LogP contribution < -0.4 is 5.73 Å². The summed E-state index contributed by atoms with van der Waals surface area (Å²) in [4.78, 5) is 1.38. The van der Waals surface area contributed by atoms with Gasteiger partial charge in [-0.05, 0) is 38.2 Å². The Morgan fingerprint density at radius 2 is 2.16 bits per heavy atom. The zero-order chi connectivity index (χ0) is 13.0. The Morgan fingerprint density at radius 3 is 2.84 bits per heavy atom. The van der Waals surface area contributed by atoms with E-state index in [1.165, 1.54) is 23.3 Å². The van der Waals surface area contributed by atoms with Crippen LogP contribution >= 0.6 is 11.3 Å². The summed E-state index contributed by atoms with van der Waals surface area (Å²) in [6.07, 6.45) is 5.19. The average molecular weight is 281 g/mol. The fraction of sp³-hybridized carbons (Fsp3) is 0.714. The second-order valence-corrected chi connectivity index (χ2v) is 6.90. The van der Waals surface area contributed by atoms with Crippen LogP contribution in [0.4, 0.5) is 5.00 Å². The summed E-state index contributed by atoms with van der Waals surface area (Å²) in [5.74, 6) is 0. The molecule has 4 nitrogen and oxygen atoms in total. The molecule has 3 aliphatic rings. The lowest BCUT2D eigenvalue weighted by atomic mass is 9.81. The molecule has 3 heterocycles. The van der Waals surface area contributed by atoms with Gasteiger partial charge in [0.2, 0.25) is 0 Å². The van der Waals surface area contributed by atoms with Gasteiger partial charge in [0.1, 0.15) is 0 Å². The molecule has 1 aliphatic carbocycles. The fourth-order valence-electron chi connectivity index (χ4n) is 3.54. The van der Waals surface area contributed by atoms with Crippen molar-refractivity contribution in [3.8, 4) is 0 Å².